The van der Waals surface area contributed by atoms with Gasteiger partial charge >= 0.3 is 0 Å². The van der Waals surface area contributed by atoms with Gasteiger partial charge in [0.25, 0.3) is 0 Å². The molecule has 2 aromatic carbocycles. The maximum absolute atomic E-state index is 5.45. The summed E-state index contributed by atoms with van der Waals surface area (Å²) in [6, 6.07) is 16.9. The zero-order valence-corrected chi connectivity index (χ0v) is 15.1. The summed E-state index contributed by atoms with van der Waals surface area (Å²) in [5.41, 5.74) is 4.82. The van der Waals surface area contributed by atoms with Crippen molar-refractivity contribution >= 4 is 23.0 Å². The zero-order chi connectivity index (χ0) is 16.8. The lowest BCUT2D eigenvalue weighted by atomic mass is 10.1. The molecule has 0 saturated heterocycles. The summed E-state index contributed by atoms with van der Waals surface area (Å²) in [7, 11) is 4.17. The van der Waals surface area contributed by atoms with Crippen molar-refractivity contribution in [2.75, 3.05) is 26.0 Å². The fourth-order valence-corrected chi connectivity index (χ4v) is 2.71. The van der Waals surface area contributed by atoms with Gasteiger partial charge in [-0.3, -0.25) is 0 Å². The lowest BCUT2D eigenvalue weighted by Crippen LogP contribution is -2.36. The number of hydrogen-bond donors (Lipinski definition) is 2. The minimum atomic E-state index is 0.273. The van der Waals surface area contributed by atoms with E-state index in [-0.39, 0.29) is 6.04 Å². The van der Waals surface area contributed by atoms with Crippen molar-refractivity contribution in [3.8, 4) is 0 Å². The normalized spacial score (nSPS) is 12.0. The van der Waals surface area contributed by atoms with E-state index >= 15 is 0 Å². The highest BCUT2D eigenvalue weighted by Gasteiger charge is 2.14. The molecule has 3 nitrogen and oxygen atoms in total. The molecule has 0 aliphatic heterocycles. The Bertz CT molecular complexity index is 653. The molecule has 0 unspecified atom stereocenters. The standard InChI is InChI=1S/C19H25N3S/c1-14-9-8-12-17(15(14)2)21-19(23)20-13-18(22(3)4)16-10-6-5-7-11-16/h5-12,18H,13H2,1-4H3,(H2,20,21,23)/t18-/m1/s1. The van der Waals surface area contributed by atoms with Gasteiger partial charge < -0.3 is 15.5 Å². The first-order valence-electron chi connectivity index (χ1n) is 7.81. The molecular weight excluding hydrogens is 302 g/mol. The molecule has 0 bridgehead atoms. The third-order valence-corrected chi connectivity index (χ3v) is 4.36. The van der Waals surface area contributed by atoms with E-state index in [2.05, 4.69) is 79.9 Å². The van der Waals surface area contributed by atoms with Crippen LogP contribution >= 0.6 is 12.2 Å². The summed E-state index contributed by atoms with van der Waals surface area (Å²) < 4.78 is 0. The number of rotatable bonds is 5. The molecule has 0 aliphatic carbocycles. The molecule has 1 atom stereocenters. The summed E-state index contributed by atoms with van der Waals surface area (Å²) >= 11 is 5.45. The van der Waals surface area contributed by atoms with E-state index in [0.29, 0.717) is 5.11 Å². The van der Waals surface area contributed by atoms with E-state index in [1.54, 1.807) is 0 Å². The van der Waals surface area contributed by atoms with Gasteiger partial charge in [-0.05, 0) is 62.9 Å². The minimum absolute atomic E-state index is 0.273. The quantitative estimate of drug-likeness (QED) is 0.815. The SMILES string of the molecule is Cc1cccc(NC(=S)NC[C@H](c2ccccc2)N(C)C)c1C. The smallest absolute Gasteiger partial charge is 0.170 e. The second-order valence-electron chi connectivity index (χ2n) is 5.97. The van der Waals surface area contributed by atoms with E-state index in [1.807, 2.05) is 12.1 Å². The van der Waals surface area contributed by atoms with Gasteiger partial charge in [-0.25, -0.2) is 0 Å². The van der Waals surface area contributed by atoms with Crippen LogP contribution < -0.4 is 10.6 Å². The maximum Gasteiger partial charge on any atom is 0.170 e. The van der Waals surface area contributed by atoms with Crippen LogP contribution in [-0.4, -0.2) is 30.7 Å². The lowest BCUT2D eigenvalue weighted by molar-refractivity contribution is 0.299. The molecule has 122 valence electrons. The highest BCUT2D eigenvalue weighted by atomic mass is 32.1. The van der Waals surface area contributed by atoms with Crippen molar-refractivity contribution in [1.29, 1.82) is 0 Å². The summed E-state index contributed by atoms with van der Waals surface area (Å²) in [5.74, 6) is 0. The van der Waals surface area contributed by atoms with Crippen LogP contribution in [0.2, 0.25) is 0 Å². The minimum Gasteiger partial charge on any atom is -0.361 e. The predicted octanol–water partition coefficient (Wildman–Crippen LogP) is 3.89. The van der Waals surface area contributed by atoms with Crippen molar-refractivity contribution in [3.05, 3.63) is 65.2 Å². The fourth-order valence-electron chi connectivity index (χ4n) is 2.52. The average molecular weight is 327 g/mol. The molecule has 0 fully saturated rings. The Labute approximate surface area is 144 Å². The largest absolute Gasteiger partial charge is 0.361 e. The van der Waals surface area contributed by atoms with Crippen molar-refractivity contribution in [2.24, 2.45) is 0 Å². The van der Waals surface area contributed by atoms with Gasteiger partial charge in [0.05, 0.1) is 6.04 Å². The van der Waals surface area contributed by atoms with E-state index in [0.717, 1.165) is 12.2 Å². The molecule has 0 spiro atoms. The molecule has 2 rings (SSSR count). The molecule has 0 amide bonds. The second-order valence-corrected chi connectivity index (χ2v) is 6.38. The Kier molecular flexibility index (Phi) is 6.13. The van der Waals surface area contributed by atoms with Crippen LogP contribution in [0.15, 0.2) is 48.5 Å². The molecule has 0 aromatic heterocycles. The Morgan fingerprint density at radius 3 is 2.39 bits per heavy atom. The molecule has 0 heterocycles. The average Bonchev–Trinajstić information content (AvgIpc) is 2.53. The van der Waals surface area contributed by atoms with Crippen LogP contribution in [0, 0.1) is 13.8 Å². The lowest BCUT2D eigenvalue weighted by Gasteiger charge is -2.26. The van der Waals surface area contributed by atoms with Gasteiger partial charge in [0.2, 0.25) is 0 Å². The molecular formula is C19H25N3S. The van der Waals surface area contributed by atoms with Gasteiger partial charge in [-0.2, -0.15) is 0 Å². The number of anilines is 1. The van der Waals surface area contributed by atoms with Crippen molar-refractivity contribution < 1.29 is 0 Å². The van der Waals surface area contributed by atoms with Crippen LogP contribution in [0.25, 0.3) is 0 Å². The molecule has 2 aromatic rings. The number of nitrogens with one attached hydrogen (secondary N) is 2. The van der Waals surface area contributed by atoms with Crippen LogP contribution in [0.3, 0.4) is 0 Å². The molecule has 0 aliphatic rings. The van der Waals surface area contributed by atoms with E-state index < -0.39 is 0 Å². The van der Waals surface area contributed by atoms with Crippen molar-refractivity contribution in [1.82, 2.24) is 10.2 Å². The van der Waals surface area contributed by atoms with Gasteiger partial charge in [0.15, 0.2) is 5.11 Å². The summed E-state index contributed by atoms with van der Waals surface area (Å²) in [5, 5.41) is 7.29. The third-order valence-electron chi connectivity index (χ3n) is 4.12. The number of likely N-dealkylation sites (N-methyl/N-ethyl adjacent to an activating group) is 1. The molecule has 2 N–H and O–H groups in total. The second kappa shape index (κ2) is 8.09. The highest BCUT2D eigenvalue weighted by molar-refractivity contribution is 7.80. The fraction of sp³-hybridized carbons (Fsp3) is 0.316. The summed E-state index contributed by atoms with van der Waals surface area (Å²) in [6.07, 6.45) is 0. The topological polar surface area (TPSA) is 27.3 Å². The molecule has 23 heavy (non-hydrogen) atoms. The molecule has 0 saturated carbocycles. The number of aryl methyl sites for hydroxylation is 1. The van der Waals surface area contributed by atoms with E-state index in [9.17, 15) is 0 Å². The zero-order valence-electron chi connectivity index (χ0n) is 14.3. The number of hydrogen-bond acceptors (Lipinski definition) is 2. The Balaban J connectivity index is 1.98. The van der Waals surface area contributed by atoms with E-state index in [1.165, 1.54) is 16.7 Å². The maximum atomic E-state index is 5.45. The van der Waals surface area contributed by atoms with Gasteiger partial charge in [-0.15, -0.1) is 0 Å². The van der Waals surface area contributed by atoms with Crippen molar-refractivity contribution in [3.63, 3.8) is 0 Å². The van der Waals surface area contributed by atoms with Crippen LogP contribution in [0.4, 0.5) is 5.69 Å². The Morgan fingerprint density at radius 1 is 1.04 bits per heavy atom. The van der Waals surface area contributed by atoms with Gasteiger partial charge in [-0.1, -0.05) is 42.5 Å². The van der Waals surface area contributed by atoms with Gasteiger partial charge in [0, 0.05) is 12.2 Å². The van der Waals surface area contributed by atoms with Crippen molar-refractivity contribution in [2.45, 2.75) is 19.9 Å². The Hall–Kier alpha value is -1.91. The van der Waals surface area contributed by atoms with E-state index in [4.69, 9.17) is 12.2 Å². The van der Waals surface area contributed by atoms with Crippen LogP contribution in [0.5, 0.6) is 0 Å². The predicted molar refractivity (Wildman–Crippen MR) is 103 cm³/mol. The van der Waals surface area contributed by atoms with Crippen LogP contribution in [-0.2, 0) is 0 Å². The third kappa shape index (κ3) is 4.78. The monoisotopic (exact) mass is 327 g/mol. The summed E-state index contributed by atoms with van der Waals surface area (Å²) in [6.45, 7) is 4.97. The first-order valence-corrected chi connectivity index (χ1v) is 8.22. The number of nitrogens with zero attached hydrogens (tertiary/aromatic N) is 1. The number of thiocarbonyl (C=S) groups is 1. The van der Waals surface area contributed by atoms with Gasteiger partial charge in [0.1, 0.15) is 0 Å². The first-order chi connectivity index (χ1) is 11.0. The van der Waals surface area contributed by atoms with Crippen LogP contribution in [0.1, 0.15) is 22.7 Å². The Morgan fingerprint density at radius 2 is 1.74 bits per heavy atom. The molecule has 0 radical (unpaired) electrons. The summed E-state index contributed by atoms with van der Waals surface area (Å²) in [4.78, 5) is 2.20. The molecule has 4 heteroatoms. The highest BCUT2D eigenvalue weighted by Crippen LogP contribution is 2.19. The number of benzene rings is 2. The first kappa shape index (κ1) is 17.4.